The van der Waals surface area contributed by atoms with Crippen molar-refractivity contribution in [2.75, 3.05) is 33.2 Å². The lowest BCUT2D eigenvalue weighted by molar-refractivity contribution is -0.131. The van der Waals surface area contributed by atoms with Crippen LogP contribution in [-0.2, 0) is 18.3 Å². The molecular weight excluding hydrogens is 274 g/mol. The van der Waals surface area contributed by atoms with Crippen molar-refractivity contribution in [2.45, 2.75) is 19.3 Å². The summed E-state index contributed by atoms with van der Waals surface area (Å²) >= 11 is 0. The zero-order valence-electron chi connectivity index (χ0n) is 13.6. The van der Waals surface area contributed by atoms with Crippen LogP contribution in [0.4, 0.5) is 0 Å². The summed E-state index contributed by atoms with van der Waals surface area (Å²) in [5.41, 5.74) is 2.48. The maximum absolute atomic E-state index is 12.4. The number of carbonyl (C=O) groups is 1. The molecule has 0 aliphatic carbocycles. The Hall–Kier alpha value is -1.81. The van der Waals surface area contributed by atoms with Gasteiger partial charge in [-0.25, -0.2) is 0 Å². The van der Waals surface area contributed by atoms with Crippen molar-refractivity contribution in [1.82, 2.24) is 14.4 Å². The Morgan fingerprint density at radius 3 is 2.82 bits per heavy atom. The van der Waals surface area contributed by atoms with Gasteiger partial charge in [-0.1, -0.05) is 12.1 Å². The summed E-state index contributed by atoms with van der Waals surface area (Å²) in [5.74, 6) is 0.294. The molecule has 0 unspecified atom stereocenters. The molecule has 2 aromatic rings. The summed E-state index contributed by atoms with van der Waals surface area (Å²) in [6, 6.07) is 8.62. The van der Waals surface area contributed by atoms with Gasteiger partial charge < -0.3 is 14.4 Å². The van der Waals surface area contributed by atoms with E-state index >= 15 is 0 Å². The Bertz CT molecular complexity index is 661. The fourth-order valence-electron chi connectivity index (χ4n) is 3.17. The van der Waals surface area contributed by atoms with Crippen molar-refractivity contribution >= 4 is 16.8 Å². The lowest BCUT2D eigenvalue weighted by Crippen LogP contribution is -2.34. The van der Waals surface area contributed by atoms with Gasteiger partial charge in [0.15, 0.2) is 0 Å². The van der Waals surface area contributed by atoms with Crippen LogP contribution >= 0.6 is 0 Å². The van der Waals surface area contributed by atoms with Crippen LogP contribution in [0, 0.1) is 0 Å². The van der Waals surface area contributed by atoms with Gasteiger partial charge in [0, 0.05) is 44.8 Å². The molecule has 0 bridgehead atoms. The quantitative estimate of drug-likeness (QED) is 0.870. The summed E-state index contributed by atoms with van der Waals surface area (Å²) < 4.78 is 2.13. The van der Waals surface area contributed by atoms with E-state index in [2.05, 4.69) is 54.0 Å². The second-order valence-electron chi connectivity index (χ2n) is 6.36. The van der Waals surface area contributed by atoms with Crippen LogP contribution in [0.5, 0.6) is 0 Å². The van der Waals surface area contributed by atoms with Gasteiger partial charge in [-0.3, -0.25) is 4.79 Å². The Kier molecular flexibility index (Phi) is 4.48. The van der Waals surface area contributed by atoms with E-state index in [9.17, 15) is 4.79 Å². The van der Waals surface area contributed by atoms with Gasteiger partial charge in [0.05, 0.1) is 0 Å². The monoisotopic (exact) mass is 299 g/mol. The third-order valence-corrected chi connectivity index (χ3v) is 4.65. The lowest BCUT2D eigenvalue weighted by atomic mass is 10.1. The first-order valence-electron chi connectivity index (χ1n) is 8.14. The second kappa shape index (κ2) is 6.53. The zero-order chi connectivity index (χ0) is 15.5. The number of amides is 1. The molecule has 22 heavy (non-hydrogen) atoms. The van der Waals surface area contributed by atoms with E-state index in [0.29, 0.717) is 12.3 Å². The summed E-state index contributed by atoms with van der Waals surface area (Å²) in [5, 5.41) is 1.26. The van der Waals surface area contributed by atoms with Crippen molar-refractivity contribution in [3.8, 4) is 0 Å². The largest absolute Gasteiger partial charge is 0.351 e. The number of rotatable bonds is 3. The molecule has 0 spiro atoms. The molecule has 3 rings (SSSR count). The Balaban J connectivity index is 1.60. The van der Waals surface area contributed by atoms with Gasteiger partial charge in [0.2, 0.25) is 5.91 Å². The number of hydrogen-bond donors (Lipinski definition) is 0. The molecule has 4 nitrogen and oxygen atoms in total. The highest BCUT2D eigenvalue weighted by Gasteiger charge is 2.17. The highest BCUT2D eigenvalue weighted by Crippen LogP contribution is 2.18. The lowest BCUT2D eigenvalue weighted by Gasteiger charge is -2.20. The van der Waals surface area contributed by atoms with Crippen molar-refractivity contribution in [3.05, 3.63) is 36.0 Å². The van der Waals surface area contributed by atoms with Crippen LogP contribution in [0.2, 0.25) is 0 Å². The highest BCUT2D eigenvalue weighted by atomic mass is 16.2. The van der Waals surface area contributed by atoms with Crippen LogP contribution in [0.1, 0.15) is 18.4 Å². The maximum Gasteiger partial charge on any atom is 0.222 e. The van der Waals surface area contributed by atoms with Crippen LogP contribution < -0.4 is 0 Å². The average Bonchev–Trinajstić information content (AvgIpc) is 2.74. The summed E-state index contributed by atoms with van der Waals surface area (Å²) in [7, 11) is 4.19. The van der Waals surface area contributed by atoms with Gasteiger partial charge in [-0.2, -0.15) is 0 Å². The normalized spacial score (nSPS) is 16.9. The number of nitrogens with zero attached hydrogens (tertiary/aromatic N) is 3. The van der Waals surface area contributed by atoms with Crippen molar-refractivity contribution in [2.24, 2.45) is 7.05 Å². The third-order valence-electron chi connectivity index (χ3n) is 4.65. The van der Waals surface area contributed by atoms with Gasteiger partial charge in [-0.15, -0.1) is 0 Å². The molecule has 1 aliphatic heterocycles. The number of fused-ring (bicyclic) bond motifs is 1. The molecule has 0 N–H and O–H groups in total. The van der Waals surface area contributed by atoms with E-state index in [1.54, 1.807) is 0 Å². The Labute approximate surface area is 132 Å². The maximum atomic E-state index is 12.4. The molecule has 1 aromatic heterocycles. The molecule has 2 heterocycles. The number of carbonyl (C=O) groups excluding carboxylic acids is 1. The summed E-state index contributed by atoms with van der Waals surface area (Å²) in [6.45, 7) is 3.85. The molecule has 1 saturated heterocycles. The Morgan fingerprint density at radius 2 is 1.95 bits per heavy atom. The van der Waals surface area contributed by atoms with E-state index in [1.807, 2.05) is 4.90 Å². The second-order valence-corrected chi connectivity index (χ2v) is 6.36. The molecule has 1 aromatic carbocycles. The smallest absolute Gasteiger partial charge is 0.222 e. The minimum atomic E-state index is 0.294. The standard InChI is InChI=1S/C18H25N3O/c1-19-9-3-10-21(13-12-19)18(22)7-5-15-4-6-16-8-11-20(2)17(16)14-15/h4,6,8,11,14H,3,5,7,9-10,12-13H2,1-2H3. The predicted molar refractivity (Wildman–Crippen MR) is 89.9 cm³/mol. The van der Waals surface area contributed by atoms with Crippen molar-refractivity contribution in [3.63, 3.8) is 0 Å². The number of likely N-dealkylation sites (N-methyl/N-ethyl adjacent to an activating group) is 1. The fourth-order valence-corrected chi connectivity index (χ4v) is 3.17. The van der Waals surface area contributed by atoms with Gasteiger partial charge in [0.25, 0.3) is 0 Å². The van der Waals surface area contributed by atoms with Crippen LogP contribution in [-0.4, -0.2) is 53.5 Å². The summed E-state index contributed by atoms with van der Waals surface area (Å²) in [4.78, 5) is 16.7. The van der Waals surface area contributed by atoms with Crippen molar-refractivity contribution < 1.29 is 4.79 Å². The third kappa shape index (κ3) is 3.33. The van der Waals surface area contributed by atoms with Crippen LogP contribution in [0.3, 0.4) is 0 Å². The van der Waals surface area contributed by atoms with Crippen LogP contribution in [0.15, 0.2) is 30.5 Å². The van der Waals surface area contributed by atoms with Gasteiger partial charge in [0.1, 0.15) is 0 Å². The molecule has 4 heteroatoms. The highest BCUT2D eigenvalue weighted by molar-refractivity contribution is 5.81. The molecular formula is C18H25N3O. The minimum absolute atomic E-state index is 0.294. The van der Waals surface area contributed by atoms with E-state index in [4.69, 9.17) is 0 Å². The van der Waals surface area contributed by atoms with E-state index in [-0.39, 0.29) is 0 Å². The fraction of sp³-hybridized carbons (Fsp3) is 0.500. The first kappa shape index (κ1) is 15.1. The number of benzene rings is 1. The van der Waals surface area contributed by atoms with E-state index < -0.39 is 0 Å². The van der Waals surface area contributed by atoms with Crippen LogP contribution in [0.25, 0.3) is 10.9 Å². The molecule has 1 amide bonds. The number of aryl methyl sites for hydroxylation is 2. The van der Waals surface area contributed by atoms with Gasteiger partial charge >= 0.3 is 0 Å². The SMILES string of the molecule is CN1CCCN(C(=O)CCc2ccc3ccn(C)c3c2)CC1. The molecule has 1 fully saturated rings. The first-order chi connectivity index (χ1) is 10.6. The Morgan fingerprint density at radius 1 is 1.09 bits per heavy atom. The molecule has 1 aliphatic rings. The topological polar surface area (TPSA) is 28.5 Å². The molecule has 118 valence electrons. The average molecular weight is 299 g/mol. The molecule has 0 radical (unpaired) electrons. The molecule has 0 saturated carbocycles. The zero-order valence-corrected chi connectivity index (χ0v) is 13.6. The van der Waals surface area contributed by atoms with Crippen molar-refractivity contribution in [1.29, 1.82) is 0 Å². The number of hydrogen-bond acceptors (Lipinski definition) is 2. The first-order valence-corrected chi connectivity index (χ1v) is 8.14. The predicted octanol–water partition coefficient (Wildman–Crippen LogP) is 2.28. The summed E-state index contributed by atoms with van der Waals surface area (Å²) in [6.07, 6.45) is 4.59. The molecule has 0 atom stereocenters. The van der Waals surface area contributed by atoms with E-state index in [1.165, 1.54) is 16.5 Å². The van der Waals surface area contributed by atoms with Gasteiger partial charge in [-0.05, 0) is 49.5 Å². The minimum Gasteiger partial charge on any atom is -0.351 e. The van der Waals surface area contributed by atoms with E-state index in [0.717, 1.165) is 39.0 Å². The number of aromatic nitrogens is 1.